The molecular weight excluding hydrogens is 116 g/mol. The van der Waals surface area contributed by atoms with Crippen LogP contribution in [0.1, 0.15) is 5.69 Å². The maximum atomic E-state index is 4.99. The van der Waals surface area contributed by atoms with E-state index < -0.39 is 0 Å². The molecular formula is C6H6N2O. The van der Waals surface area contributed by atoms with Gasteiger partial charge in [0.1, 0.15) is 6.26 Å². The fourth-order valence-electron chi connectivity index (χ4n) is 0.845. The van der Waals surface area contributed by atoms with Gasteiger partial charge in [0.2, 0.25) is 0 Å². The summed E-state index contributed by atoms with van der Waals surface area (Å²) in [5.41, 5.74) is 1.10. The van der Waals surface area contributed by atoms with Crippen molar-refractivity contribution in [3.63, 3.8) is 0 Å². The minimum absolute atomic E-state index is 0.660. The third kappa shape index (κ3) is 0.483. The molecule has 2 aromatic rings. The van der Waals surface area contributed by atoms with Crippen molar-refractivity contribution in [2.75, 3.05) is 0 Å². The lowest BCUT2D eigenvalue weighted by atomic mass is 10.6. The van der Waals surface area contributed by atoms with E-state index in [1.807, 2.05) is 17.5 Å². The highest BCUT2D eigenvalue weighted by atomic mass is 16.3. The highest BCUT2D eigenvalue weighted by Gasteiger charge is 1.97. The van der Waals surface area contributed by atoms with Crippen molar-refractivity contribution < 1.29 is 4.42 Å². The number of rotatable bonds is 0. The van der Waals surface area contributed by atoms with Gasteiger partial charge in [-0.05, 0) is 6.92 Å². The summed E-state index contributed by atoms with van der Waals surface area (Å²) in [6, 6.07) is 0. The van der Waals surface area contributed by atoms with Gasteiger partial charge in [-0.1, -0.05) is 0 Å². The largest absolute Gasteiger partial charge is 0.432 e. The molecule has 0 aromatic carbocycles. The standard InChI is InChI=1S/C6H6N2O/c1-5-4-7-6-8(5)2-3-9-6/h2-4H,1H3. The zero-order chi connectivity index (χ0) is 6.27. The smallest absolute Gasteiger partial charge is 0.305 e. The number of oxazole rings is 1. The highest BCUT2D eigenvalue weighted by Crippen LogP contribution is 2.04. The normalized spacial score (nSPS) is 10.8. The van der Waals surface area contributed by atoms with Crippen molar-refractivity contribution in [2.24, 2.45) is 0 Å². The third-order valence-electron chi connectivity index (χ3n) is 1.33. The Labute approximate surface area is 51.9 Å². The Morgan fingerprint density at radius 3 is 3.33 bits per heavy atom. The zero-order valence-corrected chi connectivity index (χ0v) is 5.03. The average molecular weight is 122 g/mol. The highest BCUT2D eigenvalue weighted by molar-refractivity contribution is 5.25. The molecule has 0 radical (unpaired) electrons. The predicted molar refractivity (Wildman–Crippen MR) is 32.2 cm³/mol. The van der Waals surface area contributed by atoms with E-state index in [1.165, 1.54) is 0 Å². The molecule has 2 heterocycles. The zero-order valence-electron chi connectivity index (χ0n) is 5.03. The minimum Gasteiger partial charge on any atom is -0.432 e. The molecule has 9 heavy (non-hydrogen) atoms. The predicted octanol–water partition coefficient (Wildman–Crippen LogP) is 1.24. The van der Waals surface area contributed by atoms with Crippen LogP contribution in [0.5, 0.6) is 0 Å². The molecule has 0 bridgehead atoms. The van der Waals surface area contributed by atoms with Crippen molar-refractivity contribution in [1.82, 2.24) is 9.38 Å². The Bertz CT molecular complexity index is 320. The van der Waals surface area contributed by atoms with Gasteiger partial charge in [-0.15, -0.1) is 0 Å². The van der Waals surface area contributed by atoms with Gasteiger partial charge in [-0.2, -0.15) is 0 Å². The molecule has 46 valence electrons. The quantitative estimate of drug-likeness (QED) is 0.526. The number of aromatic nitrogens is 2. The first-order chi connectivity index (χ1) is 4.38. The van der Waals surface area contributed by atoms with Gasteiger partial charge < -0.3 is 4.42 Å². The third-order valence-corrected chi connectivity index (χ3v) is 1.33. The van der Waals surface area contributed by atoms with Crippen molar-refractivity contribution in [1.29, 1.82) is 0 Å². The van der Waals surface area contributed by atoms with E-state index >= 15 is 0 Å². The maximum Gasteiger partial charge on any atom is 0.305 e. The van der Waals surface area contributed by atoms with Gasteiger partial charge in [0.15, 0.2) is 0 Å². The molecule has 0 aliphatic heterocycles. The Hall–Kier alpha value is -1.25. The van der Waals surface area contributed by atoms with Gasteiger partial charge in [0.05, 0.1) is 6.20 Å². The fraction of sp³-hybridized carbons (Fsp3) is 0.167. The van der Waals surface area contributed by atoms with Crippen molar-refractivity contribution >= 4 is 5.84 Å². The second-order valence-electron chi connectivity index (χ2n) is 1.96. The molecule has 0 spiro atoms. The molecule has 0 atom stereocenters. The molecule has 0 saturated heterocycles. The number of hydrogen-bond donors (Lipinski definition) is 0. The van der Waals surface area contributed by atoms with Crippen LogP contribution in [0.2, 0.25) is 0 Å². The fourth-order valence-corrected chi connectivity index (χ4v) is 0.845. The molecule has 0 unspecified atom stereocenters. The van der Waals surface area contributed by atoms with E-state index in [1.54, 1.807) is 12.5 Å². The van der Waals surface area contributed by atoms with Crippen molar-refractivity contribution in [3.8, 4) is 0 Å². The van der Waals surface area contributed by atoms with E-state index in [0.29, 0.717) is 5.84 Å². The van der Waals surface area contributed by atoms with Crippen LogP contribution in [0, 0.1) is 6.92 Å². The number of fused-ring (bicyclic) bond motifs is 1. The first-order valence-corrected chi connectivity index (χ1v) is 2.75. The summed E-state index contributed by atoms with van der Waals surface area (Å²) in [5.74, 6) is 0.660. The molecule has 0 aliphatic carbocycles. The van der Waals surface area contributed by atoms with Crippen LogP contribution in [0.4, 0.5) is 0 Å². The lowest BCUT2D eigenvalue weighted by Gasteiger charge is -1.79. The van der Waals surface area contributed by atoms with E-state index in [-0.39, 0.29) is 0 Å². The van der Waals surface area contributed by atoms with Gasteiger partial charge >= 0.3 is 5.84 Å². The van der Waals surface area contributed by atoms with Crippen LogP contribution < -0.4 is 0 Å². The molecule has 3 heteroatoms. The second-order valence-corrected chi connectivity index (χ2v) is 1.96. The van der Waals surface area contributed by atoms with Crippen LogP contribution in [0.15, 0.2) is 23.1 Å². The summed E-state index contributed by atoms with van der Waals surface area (Å²) in [6.07, 6.45) is 5.24. The monoisotopic (exact) mass is 122 g/mol. The first-order valence-electron chi connectivity index (χ1n) is 2.75. The number of nitrogens with zero attached hydrogens (tertiary/aromatic N) is 2. The summed E-state index contributed by atoms with van der Waals surface area (Å²) in [5, 5.41) is 0. The van der Waals surface area contributed by atoms with E-state index in [2.05, 4.69) is 4.98 Å². The average Bonchev–Trinajstić information content (AvgIpc) is 2.35. The molecule has 0 fully saturated rings. The first kappa shape index (κ1) is 4.61. The van der Waals surface area contributed by atoms with E-state index in [0.717, 1.165) is 5.69 Å². The van der Waals surface area contributed by atoms with Crippen LogP contribution in [0.3, 0.4) is 0 Å². The second kappa shape index (κ2) is 1.37. The van der Waals surface area contributed by atoms with Crippen LogP contribution in [-0.4, -0.2) is 9.38 Å². The van der Waals surface area contributed by atoms with Crippen molar-refractivity contribution in [2.45, 2.75) is 6.92 Å². The van der Waals surface area contributed by atoms with Crippen molar-refractivity contribution in [3.05, 3.63) is 24.4 Å². The number of hydrogen-bond acceptors (Lipinski definition) is 2. The van der Waals surface area contributed by atoms with E-state index in [9.17, 15) is 0 Å². The lowest BCUT2D eigenvalue weighted by Crippen LogP contribution is -1.76. The minimum atomic E-state index is 0.660. The van der Waals surface area contributed by atoms with E-state index in [4.69, 9.17) is 4.42 Å². The molecule has 0 N–H and O–H groups in total. The lowest BCUT2D eigenvalue weighted by molar-refractivity contribution is 0.595. The van der Waals surface area contributed by atoms with Crippen LogP contribution >= 0.6 is 0 Å². The summed E-state index contributed by atoms with van der Waals surface area (Å²) in [4.78, 5) is 3.97. The molecule has 0 saturated carbocycles. The summed E-state index contributed by atoms with van der Waals surface area (Å²) in [7, 11) is 0. The summed E-state index contributed by atoms with van der Waals surface area (Å²) >= 11 is 0. The van der Waals surface area contributed by atoms with Gasteiger partial charge in [0, 0.05) is 11.9 Å². The van der Waals surface area contributed by atoms with Crippen LogP contribution in [-0.2, 0) is 0 Å². The molecule has 0 amide bonds. The maximum absolute atomic E-state index is 4.99. The number of aryl methyl sites for hydroxylation is 1. The topological polar surface area (TPSA) is 30.4 Å². The Balaban J connectivity index is 2.99. The number of imidazole rings is 1. The molecule has 2 rings (SSSR count). The van der Waals surface area contributed by atoms with Gasteiger partial charge in [0.25, 0.3) is 0 Å². The molecule has 0 aliphatic rings. The van der Waals surface area contributed by atoms with Gasteiger partial charge in [-0.25, -0.2) is 4.98 Å². The Morgan fingerprint density at radius 1 is 1.67 bits per heavy atom. The molecule has 3 nitrogen and oxygen atoms in total. The SMILES string of the molecule is Cc1cnc2occn12. The Morgan fingerprint density at radius 2 is 2.56 bits per heavy atom. The van der Waals surface area contributed by atoms with Crippen LogP contribution in [0.25, 0.3) is 5.84 Å². The van der Waals surface area contributed by atoms with Gasteiger partial charge in [-0.3, -0.25) is 4.40 Å². The molecule has 2 aromatic heterocycles. The summed E-state index contributed by atoms with van der Waals surface area (Å²) < 4.78 is 6.88. The summed E-state index contributed by atoms with van der Waals surface area (Å²) in [6.45, 7) is 1.98. The Kier molecular flexibility index (Phi) is 0.704.